The summed E-state index contributed by atoms with van der Waals surface area (Å²) in [7, 11) is 0. The topological polar surface area (TPSA) is 65.3 Å². The zero-order chi connectivity index (χ0) is 12.0. The summed E-state index contributed by atoms with van der Waals surface area (Å²) < 4.78 is 11.6. The summed E-state index contributed by atoms with van der Waals surface area (Å²) in [6.45, 7) is 2.14. The highest BCUT2D eigenvalue weighted by molar-refractivity contribution is 5.98. The second kappa shape index (κ2) is 3.35. The van der Waals surface area contributed by atoms with Gasteiger partial charge < -0.3 is 8.83 Å². The van der Waals surface area contributed by atoms with Crippen LogP contribution in [-0.2, 0) is 6.54 Å². The van der Waals surface area contributed by atoms with E-state index in [1.165, 1.54) is 4.57 Å². The van der Waals surface area contributed by atoms with Crippen LogP contribution in [0.1, 0.15) is 6.92 Å². The fourth-order valence-electron chi connectivity index (χ4n) is 1.97. The number of oxazole rings is 1. The lowest BCUT2D eigenvalue weighted by molar-refractivity contribution is 0.514. The van der Waals surface area contributed by atoms with Gasteiger partial charge in [-0.3, -0.25) is 4.57 Å². The third kappa shape index (κ3) is 1.25. The van der Waals surface area contributed by atoms with Gasteiger partial charge in [-0.25, -0.2) is 9.59 Å². The first-order valence-electron chi connectivity index (χ1n) is 5.27. The number of aryl methyl sites for hydroxylation is 1. The van der Waals surface area contributed by atoms with Crippen molar-refractivity contribution in [2.75, 3.05) is 0 Å². The number of benzene rings is 1. The van der Waals surface area contributed by atoms with Crippen molar-refractivity contribution in [3.8, 4) is 0 Å². The average molecular weight is 231 g/mol. The summed E-state index contributed by atoms with van der Waals surface area (Å²) >= 11 is 0. The Morgan fingerprint density at radius 1 is 1.18 bits per heavy atom. The van der Waals surface area contributed by atoms with Crippen molar-refractivity contribution < 1.29 is 8.83 Å². The van der Waals surface area contributed by atoms with E-state index in [2.05, 4.69) is 0 Å². The monoisotopic (exact) mass is 231 g/mol. The molecule has 0 N–H and O–H groups in total. The molecule has 0 saturated heterocycles. The van der Waals surface area contributed by atoms with Gasteiger partial charge >= 0.3 is 11.4 Å². The predicted octanol–water partition coefficient (Wildman–Crippen LogP) is 1.72. The third-order valence-electron chi connectivity index (χ3n) is 2.74. The van der Waals surface area contributed by atoms with Crippen molar-refractivity contribution in [2.24, 2.45) is 0 Å². The first kappa shape index (κ1) is 9.89. The molecule has 0 bridgehead atoms. The number of rotatable bonds is 1. The first-order chi connectivity index (χ1) is 8.22. The van der Waals surface area contributed by atoms with E-state index in [1.54, 1.807) is 31.2 Å². The van der Waals surface area contributed by atoms with Gasteiger partial charge in [0.25, 0.3) is 0 Å². The predicted molar refractivity (Wildman–Crippen MR) is 62.2 cm³/mol. The number of para-hydroxylation sites is 1. The Bertz CT molecular complexity index is 822. The molecule has 0 fully saturated rings. The van der Waals surface area contributed by atoms with Crippen molar-refractivity contribution in [2.45, 2.75) is 13.5 Å². The number of fused-ring (bicyclic) bond motifs is 3. The van der Waals surface area contributed by atoms with Crippen molar-refractivity contribution in [1.29, 1.82) is 0 Å². The van der Waals surface area contributed by atoms with Gasteiger partial charge in [-0.2, -0.15) is 0 Å². The van der Waals surface area contributed by atoms with Crippen LogP contribution in [0.15, 0.2) is 42.7 Å². The number of nitrogens with zero attached hydrogens (tertiary/aromatic N) is 1. The highest BCUT2D eigenvalue weighted by Crippen LogP contribution is 2.21. The Kier molecular flexibility index (Phi) is 1.95. The number of aromatic nitrogens is 1. The maximum atomic E-state index is 11.8. The smallest absolute Gasteiger partial charge is 0.420 e. The minimum atomic E-state index is -0.550. The molecule has 0 saturated carbocycles. The van der Waals surface area contributed by atoms with Gasteiger partial charge in [-0.1, -0.05) is 12.1 Å². The summed E-state index contributed by atoms with van der Waals surface area (Å²) in [5.74, 6) is -0.536. The van der Waals surface area contributed by atoms with E-state index in [0.29, 0.717) is 23.1 Å². The molecule has 0 aliphatic rings. The molecule has 3 rings (SSSR count). The summed E-state index contributed by atoms with van der Waals surface area (Å²) in [6.07, 6.45) is 0. The molecule has 0 amide bonds. The van der Waals surface area contributed by atoms with Gasteiger partial charge in [0, 0.05) is 6.54 Å². The van der Waals surface area contributed by atoms with Crippen molar-refractivity contribution >= 4 is 22.1 Å². The summed E-state index contributed by atoms with van der Waals surface area (Å²) in [4.78, 5) is 23.4. The quantitative estimate of drug-likeness (QED) is 0.598. The summed E-state index contributed by atoms with van der Waals surface area (Å²) in [5.41, 5.74) is 0.355. The van der Waals surface area contributed by atoms with E-state index in [0.717, 1.165) is 0 Å². The van der Waals surface area contributed by atoms with Gasteiger partial charge in [0.15, 0.2) is 11.1 Å². The molecule has 17 heavy (non-hydrogen) atoms. The molecule has 3 aromatic rings. The normalized spacial score (nSPS) is 11.4. The van der Waals surface area contributed by atoms with E-state index >= 15 is 0 Å². The van der Waals surface area contributed by atoms with Gasteiger partial charge in [-0.15, -0.1) is 0 Å². The molecule has 0 atom stereocenters. The van der Waals surface area contributed by atoms with Crippen molar-refractivity contribution in [1.82, 2.24) is 4.57 Å². The van der Waals surface area contributed by atoms with Crippen LogP contribution < -0.4 is 11.4 Å². The van der Waals surface area contributed by atoms with Gasteiger partial charge in [0.1, 0.15) is 5.58 Å². The Labute approximate surface area is 94.9 Å². The molecule has 1 aromatic carbocycles. The molecule has 0 radical (unpaired) electrons. The second-order valence-corrected chi connectivity index (χ2v) is 3.68. The van der Waals surface area contributed by atoms with Gasteiger partial charge in [0.05, 0.1) is 5.39 Å². The Morgan fingerprint density at radius 2 is 1.94 bits per heavy atom. The Balaban J connectivity index is 2.68. The molecule has 0 aliphatic carbocycles. The molecule has 2 aromatic heterocycles. The van der Waals surface area contributed by atoms with Gasteiger partial charge in [-0.05, 0) is 19.1 Å². The largest absolute Gasteiger partial charge is 0.421 e. The zero-order valence-corrected chi connectivity index (χ0v) is 9.10. The molecule has 2 heterocycles. The molecule has 0 spiro atoms. The fraction of sp³-hybridized carbons (Fsp3) is 0.167. The summed E-state index contributed by atoms with van der Waals surface area (Å²) in [5, 5.41) is 0.631. The fourth-order valence-corrected chi connectivity index (χ4v) is 1.97. The van der Waals surface area contributed by atoms with Crippen molar-refractivity contribution in [3.05, 3.63) is 45.2 Å². The van der Waals surface area contributed by atoms with E-state index in [9.17, 15) is 9.59 Å². The lowest BCUT2D eigenvalue weighted by Gasteiger charge is -1.97. The zero-order valence-electron chi connectivity index (χ0n) is 9.10. The van der Waals surface area contributed by atoms with Crippen LogP contribution in [0.25, 0.3) is 22.1 Å². The number of hydrogen-bond acceptors (Lipinski definition) is 4. The minimum Gasteiger partial charge on any atom is -0.421 e. The van der Waals surface area contributed by atoms with Crippen molar-refractivity contribution in [3.63, 3.8) is 0 Å². The standard InChI is InChI=1S/C12H9NO4/c1-2-13-9-10(17-12(13)15)7-5-3-4-6-8(7)16-11(9)14/h3-6H,2H2,1H3. The Hall–Kier alpha value is -2.30. The van der Waals surface area contributed by atoms with E-state index in [4.69, 9.17) is 8.83 Å². The van der Waals surface area contributed by atoms with Crippen LogP contribution in [0, 0.1) is 0 Å². The van der Waals surface area contributed by atoms with E-state index in [-0.39, 0.29) is 5.52 Å². The van der Waals surface area contributed by atoms with Crippen LogP contribution in [0.4, 0.5) is 0 Å². The van der Waals surface area contributed by atoms with Crippen LogP contribution >= 0.6 is 0 Å². The lowest BCUT2D eigenvalue weighted by atomic mass is 10.2. The second-order valence-electron chi connectivity index (χ2n) is 3.68. The maximum absolute atomic E-state index is 11.8. The molecular formula is C12H9NO4. The summed E-state index contributed by atoms with van der Waals surface area (Å²) in [6, 6.07) is 6.97. The average Bonchev–Trinajstić information content (AvgIpc) is 2.66. The number of hydrogen-bond donors (Lipinski definition) is 0. The molecular weight excluding hydrogens is 222 g/mol. The third-order valence-corrected chi connectivity index (χ3v) is 2.74. The SMILES string of the molecule is CCn1c(=O)oc2c3ccccc3oc(=O)c21. The lowest BCUT2D eigenvalue weighted by Crippen LogP contribution is -2.16. The van der Waals surface area contributed by atoms with Crippen LogP contribution in [0.5, 0.6) is 0 Å². The van der Waals surface area contributed by atoms with Crippen LogP contribution in [-0.4, -0.2) is 4.57 Å². The maximum Gasteiger partial charge on any atom is 0.420 e. The van der Waals surface area contributed by atoms with E-state index < -0.39 is 11.4 Å². The Morgan fingerprint density at radius 3 is 2.71 bits per heavy atom. The molecule has 5 nitrogen and oxygen atoms in total. The van der Waals surface area contributed by atoms with Crippen LogP contribution in [0.2, 0.25) is 0 Å². The minimum absolute atomic E-state index is 0.191. The molecule has 86 valence electrons. The molecule has 0 aliphatic heterocycles. The molecule has 5 heteroatoms. The molecule has 0 unspecified atom stereocenters. The van der Waals surface area contributed by atoms with E-state index in [1.807, 2.05) is 0 Å². The highest BCUT2D eigenvalue weighted by Gasteiger charge is 2.16. The van der Waals surface area contributed by atoms with Crippen LogP contribution in [0.3, 0.4) is 0 Å². The van der Waals surface area contributed by atoms with Gasteiger partial charge in [0.2, 0.25) is 0 Å². The first-order valence-corrected chi connectivity index (χ1v) is 5.27. The highest BCUT2D eigenvalue weighted by atomic mass is 16.4.